The Balaban J connectivity index is 1.82. The lowest BCUT2D eigenvalue weighted by atomic mass is 10.2. The first-order chi connectivity index (χ1) is 9.76. The molecule has 2 rings (SSSR count). The standard InChI is InChI=1S/C15H22N2O3/c1-19-13-6-2-3-7-14(13)20-10-8-15(18)17-9-4-5-12(17)11-16/h2-3,6-7,12H,4-5,8-11,16H2,1H3. The first-order valence-corrected chi connectivity index (χ1v) is 7.01. The predicted octanol–water partition coefficient (Wildman–Crippen LogP) is 1.41. The molecule has 2 N–H and O–H groups in total. The summed E-state index contributed by atoms with van der Waals surface area (Å²) < 4.78 is 10.8. The number of likely N-dealkylation sites (tertiary alicyclic amines) is 1. The van der Waals surface area contributed by atoms with Crippen LogP contribution in [-0.2, 0) is 4.79 Å². The lowest BCUT2D eigenvalue weighted by Gasteiger charge is -2.23. The number of methoxy groups -OCH3 is 1. The molecule has 1 aromatic carbocycles. The van der Waals surface area contributed by atoms with Gasteiger partial charge in [0.25, 0.3) is 0 Å². The second kappa shape index (κ2) is 7.14. The predicted molar refractivity (Wildman–Crippen MR) is 76.9 cm³/mol. The van der Waals surface area contributed by atoms with Crippen LogP contribution >= 0.6 is 0 Å². The molecule has 0 radical (unpaired) electrons. The van der Waals surface area contributed by atoms with E-state index in [0.29, 0.717) is 31.1 Å². The second-order valence-corrected chi connectivity index (χ2v) is 4.87. The molecule has 5 nitrogen and oxygen atoms in total. The third-order valence-corrected chi connectivity index (χ3v) is 3.61. The highest BCUT2D eigenvalue weighted by molar-refractivity contribution is 5.77. The normalized spacial score (nSPS) is 18.1. The Labute approximate surface area is 119 Å². The van der Waals surface area contributed by atoms with Crippen LogP contribution in [0.2, 0.25) is 0 Å². The van der Waals surface area contributed by atoms with Crippen molar-refractivity contribution in [1.29, 1.82) is 0 Å². The molecule has 1 amide bonds. The first-order valence-electron chi connectivity index (χ1n) is 7.01. The number of rotatable bonds is 6. The average molecular weight is 278 g/mol. The van der Waals surface area contributed by atoms with Crippen LogP contribution in [0, 0.1) is 0 Å². The number of ether oxygens (including phenoxy) is 2. The molecule has 0 aromatic heterocycles. The van der Waals surface area contributed by atoms with Crippen molar-refractivity contribution in [3.05, 3.63) is 24.3 Å². The van der Waals surface area contributed by atoms with Crippen molar-refractivity contribution < 1.29 is 14.3 Å². The highest BCUT2D eigenvalue weighted by Crippen LogP contribution is 2.26. The largest absolute Gasteiger partial charge is 0.493 e. The third-order valence-electron chi connectivity index (χ3n) is 3.61. The zero-order chi connectivity index (χ0) is 14.4. The average Bonchev–Trinajstić information content (AvgIpc) is 2.96. The molecular formula is C15H22N2O3. The Kier molecular flexibility index (Phi) is 5.24. The molecule has 1 fully saturated rings. The summed E-state index contributed by atoms with van der Waals surface area (Å²) >= 11 is 0. The molecule has 5 heteroatoms. The summed E-state index contributed by atoms with van der Waals surface area (Å²) in [6, 6.07) is 7.63. The van der Waals surface area contributed by atoms with Crippen LogP contribution in [0.1, 0.15) is 19.3 Å². The molecule has 1 saturated heterocycles. The summed E-state index contributed by atoms with van der Waals surface area (Å²) in [6.45, 7) is 1.71. The van der Waals surface area contributed by atoms with Crippen LogP contribution in [0.4, 0.5) is 0 Å². The lowest BCUT2D eigenvalue weighted by Crippen LogP contribution is -2.40. The number of hydrogen-bond acceptors (Lipinski definition) is 4. The minimum atomic E-state index is 0.118. The van der Waals surface area contributed by atoms with Gasteiger partial charge in [0.15, 0.2) is 11.5 Å². The highest BCUT2D eigenvalue weighted by atomic mass is 16.5. The van der Waals surface area contributed by atoms with Crippen LogP contribution < -0.4 is 15.2 Å². The zero-order valence-corrected chi connectivity index (χ0v) is 11.9. The van der Waals surface area contributed by atoms with E-state index < -0.39 is 0 Å². The van der Waals surface area contributed by atoms with Crippen molar-refractivity contribution in [2.45, 2.75) is 25.3 Å². The molecule has 1 atom stereocenters. The molecule has 0 saturated carbocycles. The van der Waals surface area contributed by atoms with E-state index in [4.69, 9.17) is 15.2 Å². The maximum absolute atomic E-state index is 12.1. The Morgan fingerprint density at radius 1 is 1.40 bits per heavy atom. The van der Waals surface area contributed by atoms with E-state index in [1.165, 1.54) is 0 Å². The van der Waals surface area contributed by atoms with Crippen molar-refractivity contribution >= 4 is 5.91 Å². The van der Waals surface area contributed by atoms with E-state index in [-0.39, 0.29) is 11.9 Å². The highest BCUT2D eigenvalue weighted by Gasteiger charge is 2.27. The molecule has 0 spiro atoms. The van der Waals surface area contributed by atoms with E-state index >= 15 is 0 Å². The van der Waals surface area contributed by atoms with Crippen molar-refractivity contribution in [2.24, 2.45) is 5.73 Å². The van der Waals surface area contributed by atoms with Gasteiger partial charge in [-0.3, -0.25) is 4.79 Å². The van der Waals surface area contributed by atoms with E-state index in [2.05, 4.69) is 0 Å². The zero-order valence-electron chi connectivity index (χ0n) is 11.9. The van der Waals surface area contributed by atoms with Gasteiger partial charge in [0.05, 0.1) is 20.1 Å². The topological polar surface area (TPSA) is 64.8 Å². The van der Waals surface area contributed by atoms with Gasteiger partial charge in [-0.05, 0) is 25.0 Å². The quantitative estimate of drug-likeness (QED) is 0.854. The Hall–Kier alpha value is -1.75. The fourth-order valence-electron chi connectivity index (χ4n) is 2.54. The fourth-order valence-corrected chi connectivity index (χ4v) is 2.54. The number of carbonyl (C=O) groups excluding carboxylic acids is 1. The molecule has 0 aliphatic carbocycles. The summed E-state index contributed by atoms with van der Waals surface area (Å²) in [4.78, 5) is 14.0. The third kappa shape index (κ3) is 3.42. The van der Waals surface area contributed by atoms with Crippen LogP contribution in [0.15, 0.2) is 24.3 Å². The molecule has 1 aliphatic rings. The van der Waals surface area contributed by atoms with Gasteiger partial charge < -0.3 is 20.1 Å². The van der Waals surface area contributed by atoms with Crippen molar-refractivity contribution in [2.75, 3.05) is 26.8 Å². The van der Waals surface area contributed by atoms with Crippen LogP contribution in [-0.4, -0.2) is 43.7 Å². The van der Waals surface area contributed by atoms with Gasteiger partial charge in [0, 0.05) is 19.1 Å². The Morgan fingerprint density at radius 3 is 2.85 bits per heavy atom. The first kappa shape index (κ1) is 14.7. The van der Waals surface area contributed by atoms with E-state index in [1.54, 1.807) is 7.11 Å². The fraction of sp³-hybridized carbons (Fsp3) is 0.533. The van der Waals surface area contributed by atoms with Crippen LogP contribution in [0.3, 0.4) is 0 Å². The molecule has 1 heterocycles. The molecule has 1 aliphatic heterocycles. The number of nitrogens with two attached hydrogens (primary N) is 1. The molecule has 1 aromatic rings. The Bertz CT molecular complexity index is 450. The van der Waals surface area contributed by atoms with Crippen LogP contribution in [0.5, 0.6) is 11.5 Å². The van der Waals surface area contributed by atoms with Crippen molar-refractivity contribution in [3.63, 3.8) is 0 Å². The van der Waals surface area contributed by atoms with E-state index in [0.717, 1.165) is 19.4 Å². The number of para-hydroxylation sites is 2. The number of hydrogen-bond donors (Lipinski definition) is 1. The summed E-state index contributed by atoms with van der Waals surface area (Å²) in [7, 11) is 1.60. The summed E-state index contributed by atoms with van der Waals surface area (Å²) in [5.41, 5.74) is 5.68. The van der Waals surface area contributed by atoms with E-state index in [1.807, 2.05) is 29.2 Å². The Morgan fingerprint density at radius 2 is 2.15 bits per heavy atom. The second-order valence-electron chi connectivity index (χ2n) is 4.87. The van der Waals surface area contributed by atoms with Crippen molar-refractivity contribution in [3.8, 4) is 11.5 Å². The molecular weight excluding hydrogens is 256 g/mol. The summed E-state index contributed by atoms with van der Waals surface area (Å²) in [5.74, 6) is 1.47. The minimum Gasteiger partial charge on any atom is -0.493 e. The van der Waals surface area contributed by atoms with Gasteiger partial charge in [-0.25, -0.2) is 0 Å². The van der Waals surface area contributed by atoms with Gasteiger partial charge in [0.1, 0.15) is 0 Å². The number of amides is 1. The monoisotopic (exact) mass is 278 g/mol. The van der Waals surface area contributed by atoms with Gasteiger partial charge in [-0.2, -0.15) is 0 Å². The summed E-state index contributed by atoms with van der Waals surface area (Å²) in [6.07, 6.45) is 2.42. The smallest absolute Gasteiger partial charge is 0.226 e. The molecule has 1 unspecified atom stereocenters. The number of nitrogens with zero attached hydrogens (tertiary/aromatic N) is 1. The SMILES string of the molecule is COc1ccccc1OCCC(=O)N1CCCC1CN. The van der Waals surface area contributed by atoms with Crippen LogP contribution in [0.25, 0.3) is 0 Å². The lowest BCUT2D eigenvalue weighted by molar-refractivity contribution is -0.132. The van der Waals surface area contributed by atoms with Gasteiger partial charge >= 0.3 is 0 Å². The van der Waals surface area contributed by atoms with E-state index in [9.17, 15) is 4.79 Å². The maximum atomic E-state index is 12.1. The summed E-state index contributed by atoms with van der Waals surface area (Å²) in [5, 5.41) is 0. The number of carbonyl (C=O) groups is 1. The molecule has 0 bridgehead atoms. The number of benzene rings is 1. The van der Waals surface area contributed by atoms with Gasteiger partial charge in [-0.1, -0.05) is 12.1 Å². The van der Waals surface area contributed by atoms with Gasteiger partial charge in [0.2, 0.25) is 5.91 Å². The molecule has 20 heavy (non-hydrogen) atoms. The maximum Gasteiger partial charge on any atom is 0.226 e. The minimum absolute atomic E-state index is 0.118. The molecule has 110 valence electrons. The van der Waals surface area contributed by atoms with Gasteiger partial charge in [-0.15, -0.1) is 0 Å². The van der Waals surface area contributed by atoms with Crippen molar-refractivity contribution in [1.82, 2.24) is 4.90 Å².